The number of carboxylic acid groups (broad SMARTS) is 1. The summed E-state index contributed by atoms with van der Waals surface area (Å²) < 4.78 is 58.5. The van der Waals surface area contributed by atoms with Crippen LogP contribution in [0.25, 0.3) is 11.3 Å². The minimum Gasteiger partial charge on any atom is -0.463 e. The highest BCUT2D eigenvalue weighted by Gasteiger charge is 2.37. The Balaban J connectivity index is 1.58. The van der Waals surface area contributed by atoms with E-state index in [4.69, 9.17) is 0 Å². The number of aromatic nitrogens is 4. The van der Waals surface area contributed by atoms with Gasteiger partial charge in [-0.1, -0.05) is 12.1 Å². The molecule has 0 radical (unpaired) electrons. The fourth-order valence-corrected chi connectivity index (χ4v) is 4.82. The number of carbonyl (C=O) groups is 2. The molecule has 0 bridgehead atoms. The van der Waals surface area contributed by atoms with Crippen LogP contribution in [0.1, 0.15) is 51.8 Å². The summed E-state index contributed by atoms with van der Waals surface area (Å²) in [4.78, 5) is 36.3. The van der Waals surface area contributed by atoms with Crippen molar-refractivity contribution in [2.45, 2.75) is 38.5 Å². The first-order valence-electron chi connectivity index (χ1n) is 13.0. The summed E-state index contributed by atoms with van der Waals surface area (Å²) in [7, 11) is 1.59. The Morgan fingerprint density at radius 2 is 1.93 bits per heavy atom. The van der Waals surface area contributed by atoms with E-state index in [2.05, 4.69) is 20.3 Å². The molecule has 3 heterocycles. The lowest BCUT2D eigenvalue weighted by atomic mass is 9.99. The van der Waals surface area contributed by atoms with Gasteiger partial charge in [0.2, 0.25) is 5.62 Å². The number of imidazole rings is 1. The predicted molar refractivity (Wildman–Crippen MR) is 143 cm³/mol. The monoisotopic (exact) mass is 582 g/mol. The second-order valence-electron chi connectivity index (χ2n) is 10.2. The van der Waals surface area contributed by atoms with Crippen LogP contribution in [0.2, 0.25) is 0 Å². The third kappa shape index (κ3) is 6.24. The van der Waals surface area contributed by atoms with Crippen LogP contribution in [-0.4, -0.2) is 36.2 Å². The molecule has 2 N–H and O–H groups in total. The van der Waals surface area contributed by atoms with Gasteiger partial charge in [-0.15, -0.1) is 4.99 Å². The van der Waals surface area contributed by atoms with E-state index in [0.717, 1.165) is 19.0 Å². The number of hydrogen-bond donors (Lipinski definition) is 2. The van der Waals surface area contributed by atoms with E-state index in [9.17, 15) is 32.3 Å². The summed E-state index contributed by atoms with van der Waals surface area (Å²) in [6.07, 6.45) is -0.341. The second-order valence-corrected chi connectivity index (χ2v) is 10.2. The Labute approximate surface area is 237 Å². The molecule has 3 aromatic heterocycles. The molecular weight excluding hydrogens is 556 g/mol. The maximum absolute atomic E-state index is 13.9. The summed E-state index contributed by atoms with van der Waals surface area (Å²) in [5.74, 6) is -0.873. The van der Waals surface area contributed by atoms with Gasteiger partial charge in [0.1, 0.15) is 11.5 Å². The molecule has 1 aliphatic rings. The molecule has 1 fully saturated rings. The Morgan fingerprint density at radius 1 is 1.17 bits per heavy atom. The first kappa shape index (κ1) is 28.7. The normalized spacial score (nSPS) is 14.6. The molecule has 1 aliphatic carbocycles. The van der Waals surface area contributed by atoms with Gasteiger partial charge in [-0.2, -0.15) is 13.2 Å². The molecule has 1 saturated carbocycles. The lowest BCUT2D eigenvalue weighted by Crippen LogP contribution is -2.31. The Bertz CT molecular complexity index is 1740. The van der Waals surface area contributed by atoms with Gasteiger partial charge in [0, 0.05) is 31.2 Å². The fourth-order valence-electron chi connectivity index (χ4n) is 4.82. The Hall–Kier alpha value is -4.81. The van der Waals surface area contributed by atoms with Crippen molar-refractivity contribution in [3.05, 3.63) is 101 Å². The third-order valence-electron chi connectivity index (χ3n) is 6.98. The molecule has 4 aromatic rings. The minimum absolute atomic E-state index is 0.0203. The molecule has 1 atom stereocenters. The molecule has 5 rings (SSSR count). The number of benzene rings is 1. The molecule has 218 valence electrons. The molecule has 42 heavy (non-hydrogen) atoms. The van der Waals surface area contributed by atoms with E-state index in [-0.39, 0.29) is 40.8 Å². The summed E-state index contributed by atoms with van der Waals surface area (Å²) in [6, 6.07) is 9.56. The van der Waals surface area contributed by atoms with Crippen LogP contribution in [0.15, 0.2) is 66.0 Å². The summed E-state index contributed by atoms with van der Waals surface area (Å²) >= 11 is 0. The molecule has 0 aliphatic heterocycles. The number of amides is 2. The highest BCUT2D eigenvalue weighted by atomic mass is 19.4. The average molecular weight is 583 g/mol. The van der Waals surface area contributed by atoms with Gasteiger partial charge in [-0.05, 0) is 72.7 Å². The molecule has 2 amide bonds. The fraction of sp³-hybridized carbons (Fsp3) is 0.276. The second kappa shape index (κ2) is 11.2. The third-order valence-corrected chi connectivity index (χ3v) is 6.98. The first-order valence-corrected chi connectivity index (χ1v) is 13.0. The van der Waals surface area contributed by atoms with E-state index in [0.29, 0.717) is 16.7 Å². The Morgan fingerprint density at radius 3 is 2.60 bits per heavy atom. The maximum Gasteiger partial charge on any atom is 0.434 e. The number of nitrogens with zero attached hydrogens (tertiary/aromatic N) is 5. The van der Waals surface area contributed by atoms with Gasteiger partial charge in [0.25, 0.3) is 5.91 Å². The van der Waals surface area contributed by atoms with E-state index >= 15 is 0 Å². The standard InChI is InChI=1S/C29H26F4N6O3/c1-16-12-19(7-8-21(16)30)24(18-5-6-18)36-26(40)23-14-17(15-39-11-10-38(2)27(39)37-28(41)42)13-22(35-23)20-4-3-9-34-25(20)29(31,32)33/h3-4,7-14,18,24H,5-6,15H2,1-2H3,(H,36,40)(H,41,42)/b37-27-. The summed E-state index contributed by atoms with van der Waals surface area (Å²) in [6.45, 7) is 1.60. The molecule has 9 nitrogen and oxygen atoms in total. The van der Waals surface area contributed by atoms with Crippen molar-refractivity contribution < 1.29 is 32.3 Å². The van der Waals surface area contributed by atoms with Crippen molar-refractivity contribution in [2.75, 3.05) is 0 Å². The zero-order valence-corrected chi connectivity index (χ0v) is 22.6. The minimum atomic E-state index is -4.78. The van der Waals surface area contributed by atoms with Crippen LogP contribution in [0, 0.1) is 18.7 Å². The van der Waals surface area contributed by atoms with Crippen LogP contribution in [-0.2, 0) is 19.8 Å². The highest BCUT2D eigenvalue weighted by molar-refractivity contribution is 5.93. The smallest absolute Gasteiger partial charge is 0.434 e. The van der Waals surface area contributed by atoms with Gasteiger partial charge in [-0.25, -0.2) is 14.2 Å². The number of aryl methyl sites for hydroxylation is 2. The number of carbonyl (C=O) groups excluding carboxylic acids is 1. The molecule has 13 heteroatoms. The maximum atomic E-state index is 13.9. The summed E-state index contributed by atoms with van der Waals surface area (Å²) in [5, 5.41) is 12.1. The quantitative estimate of drug-likeness (QED) is 0.289. The van der Waals surface area contributed by atoms with Gasteiger partial charge in [0.15, 0.2) is 5.69 Å². The lowest BCUT2D eigenvalue weighted by molar-refractivity contribution is -0.140. The first-order chi connectivity index (χ1) is 19.9. The predicted octanol–water partition coefficient (Wildman–Crippen LogP) is 5.26. The number of nitrogens with one attached hydrogen (secondary N) is 1. The van der Waals surface area contributed by atoms with E-state index in [1.807, 2.05) is 0 Å². The highest BCUT2D eigenvalue weighted by Crippen LogP contribution is 2.41. The van der Waals surface area contributed by atoms with Gasteiger partial charge in [-0.3, -0.25) is 9.78 Å². The average Bonchev–Trinajstić information content (AvgIpc) is 3.73. The van der Waals surface area contributed by atoms with E-state index in [1.165, 1.54) is 39.5 Å². The number of alkyl halides is 3. The van der Waals surface area contributed by atoms with Crippen molar-refractivity contribution in [1.82, 2.24) is 24.4 Å². The van der Waals surface area contributed by atoms with Crippen LogP contribution in [0.4, 0.5) is 22.4 Å². The van der Waals surface area contributed by atoms with Gasteiger partial charge in [0.05, 0.1) is 18.3 Å². The summed E-state index contributed by atoms with van der Waals surface area (Å²) in [5.41, 5.74) is -0.162. The van der Waals surface area contributed by atoms with Crippen molar-refractivity contribution >= 4 is 12.0 Å². The largest absolute Gasteiger partial charge is 0.463 e. The van der Waals surface area contributed by atoms with Gasteiger partial charge >= 0.3 is 12.3 Å². The van der Waals surface area contributed by atoms with E-state index in [1.54, 1.807) is 38.5 Å². The molecule has 1 aromatic carbocycles. The topological polar surface area (TPSA) is 114 Å². The molecule has 0 spiro atoms. The van der Waals surface area contributed by atoms with Crippen molar-refractivity contribution in [1.29, 1.82) is 0 Å². The number of pyridine rings is 2. The molecule has 0 saturated heterocycles. The van der Waals surface area contributed by atoms with Crippen LogP contribution in [0.5, 0.6) is 0 Å². The van der Waals surface area contributed by atoms with E-state index < -0.39 is 29.9 Å². The van der Waals surface area contributed by atoms with Crippen molar-refractivity contribution in [2.24, 2.45) is 18.0 Å². The van der Waals surface area contributed by atoms with Crippen LogP contribution < -0.4 is 10.9 Å². The van der Waals surface area contributed by atoms with Crippen LogP contribution >= 0.6 is 0 Å². The molecule has 1 unspecified atom stereocenters. The van der Waals surface area contributed by atoms with Gasteiger partial charge < -0.3 is 19.6 Å². The van der Waals surface area contributed by atoms with Crippen molar-refractivity contribution in [3.8, 4) is 11.3 Å². The number of halogens is 4. The number of hydrogen-bond acceptors (Lipinski definition) is 4. The zero-order chi connectivity index (χ0) is 30.2. The lowest BCUT2D eigenvalue weighted by Gasteiger charge is -2.20. The SMILES string of the molecule is Cc1cc(C(NC(=O)c2cc(Cn3ccn(C)/c3=N/C(=O)O)cc(-c3cccnc3C(F)(F)F)n2)C2CC2)ccc1F. The zero-order valence-electron chi connectivity index (χ0n) is 22.6. The Kier molecular flexibility index (Phi) is 7.67. The molecular formula is C29H26F4N6O3. The number of rotatable bonds is 7. The van der Waals surface area contributed by atoms with Crippen LogP contribution in [0.3, 0.4) is 0 Å². The van der Waals surface area contributed by atoms with Crippen molar-refractivity contribution in [3.63, 3.8) is 0 Å².